The Kier molecular flexibility index (Phi) is 4.13. The van der Waals surface area contributed by atoms with Gasteiger partial charge >= 0.3 is 0 Å². The number of hydrogen-bond donors (Lipinski definition) is 0. The van der Waals surface area contributed by atoms with Gasteiger partial charge in [-0.25, -0.2) is 0 Å². The fraction of sp³-hybridized carbons (Fsp3) is 0.300. The molecule has 2 atom stereocenters. The van der Waals surface area contributed by atoms with Crippen molar-refractivity contribution in [1.29, 1.82) is 0 Å². The van der Waals surface area contributed by atoms with Crippen LogP contribution in [-0.4, -0.2) is 10.6 Å². The highest BCUT2D eigenvalue weighted by molar-refractivity contribution is 9.12. The summed E-state index contributed by atoms with van der Waals surface area (Å²) in [4.78, 5) is 11.0. The summed E-state index contributed by atoms with van der Waals surface area (Å²) in [6, 6.07) is 9.88. The molecule has 0 N–H and O–H groups in total. The third-order valence-electron chi connectivity index (χ3n) is 1.76. The molecule has 3 heteroatoms. The van der Waals surface area contributed by atoms with Crippen molar-refractivity contribution >= 4 is 37.6 Å². The minimum Gasteiger partial charge on any atom is -0.299 e. The van der Waals surface area contributed by atoms with Crippen LogP contribution in [0.5, 0.6) is 0 Å². The molecule has 1 nitrogen and oxygen atoms in total. The molecule has 1 rings (SSSR count). The van der Waals surface area contributed by atoms with Crippen LogP contribution in [0.2, 0.25) is 0 Å². The van der Waals surface area contributed by atoms with Crippen molar-refractivity contribution in [2.75, 3.05) is 0 Å². The average Bonchev–Trinajstić information content (AvgIpc) is 2.17. The zero-order chi connectivity index (χ0) is 9.84. The molecule has 0 aliphatic carbocycles. The van der Waals surface area contributed by atoms with Gasteiger partial charge in [-0.05, 0) is 12.5 Å². The second-order valence-corrected chi connectivity index (χ2v) is 4.80. The van der Waals surface area contributed by atoms with Gasteiger partial charge in [0, 0.05) is 0 Å². The molecular weight excluding hydrogens is 296 g/mol. The summed E-state index contributed by atoms with van der Waals surface area (Å²) < 4.78 is 0. The van der Waals surface area contributed by atoms with Crippen molar-refractivity contribution in [2.24, 2.45) is 0 Å². The summed E-state index contributed by atoms with van der Waals surface area (Å²) in [5.74, 6) is 0.130. The Morgan fingerprint density at radius 2 is 1.77 bits per heavy atom. The van der Waals surface area contributed by atoms with Crippen molar-refractivity contribution < 1.29 is 4.79 Å². The predicted octanol–water partition coefficient (Wildman–Crippen LogP) is 3.48. The molecule has 0 fully saturated rings. The van der Waals surface area contributed by atoms with Crippen LogP contribution in [0, 0.1) is 0 Å². The highest BCUT2D eigenvalue weighted by Gasteiger charge is 2.21. The molecule has 1 aromatic carbocycles. The summed E-state index contributed by atoms with van der Waals surface area (Å²) in [5.41, 5.74) is 1.11. The molecule has 0 heterocycles. The van der Waals surface area contributed by atoms with Crippen molar-refractivity contribution in [2.45, 2.75) is 16.6 Å². The van der Waals surface area contributed by atoms with Crippen LogP contribution in [-0.2, 0) is 4.79 Å². The SMILES string of the molecule is CC(=O)C(Br)[C@H](Br)c1ccccc1. The maximum absolute atomic E-state index is 11.1. The molecule has 0 radical (unpaired) electrons. The zero-order valence-electron chi connectivity index (χ0n) is 7.21. The third-order valence-corrected chi connectivity index (χ3v) is 4.70. The molecule has 0 aromatic heterocycles. The predicted molar refractivity (Wildman–Crippen MR) is 61.5 cm³/mol. The molecular formula is C10H10Br2O. The number of hydrogen-bond acceptors (Lipinski definition) is 1. The van der Waals surface area contributed by atoms with Crippen molar-refractivity contribution in [3.05, 3.63) is 35.9 Å². The van der Waals surface area contributed by atoms with E-state index in [1.54, 1.807) is 6.92 Å². The third kappa shape index (κ3) is 2.92. The number of ketones is 1. The van der Waals surface area contributed by atoms with Crippen LogP contribution in [0.1, 0.15) is 17.3 Å². The Hall–Kier alpha value is -0.150. The van der Waals surface area contributed by atoms with E-state index in [2.05, 4.69) is 31.9 Å². The number of benzene rings is 1. The number of rotatable bonds is 3. The highest BCUT2D eigenvalue weighted by atomic mass is 79.9. The Balaban J connectivity index is 2.79. The van der Waals surface area contributed by atoms with Gasteiger partial charge in [0.1, 0.15) is 5.78 Å². The van der Waals surface area contributed by atoms with Gasteiger partial charge in [0.05, 0.1) is 9.65 Å². The van der Waals surface area contributed by atoms with E-state index in [0.29, 0.717) is 0 Å². The van der Waals surface area contributed by atoms with Gasteiger partial charge in [-0.1, -0.05) is 62.2 Å². The molecule has 0 saturated heterocycles. The minimum atomic E-state index is -0.158. The van der Waals surface area contributed by atoms with Crippen LogP contribution < -0.4 is 0 Å². The summed E-state index contributed by atoms with van der Waals surface area (Å²) in [6.45, 7) is 1.58. The molecule has 13 heavy (non-hydrogen) atoms. The molecule has 0 aliphatic rings. The summed E-state index contributed by atoms with van der Waals surface area (Å²) in [5, 5.41) is 0. The molecule has 0 saturated carbocycles. The van der Waals surface area contributed by atoms with Gasteiger partial charge in [-0.3, -0.25) is 4.79 Å². The van der Waals surface area contributed by atoms with E-state index < -0.39 is 0 Å². The summed E-state index contributed by atoms with van der Waals surface area (Å²) in [7, 11) is 0. The lowest BCUT2D eigenvalue weighted by atomic mass is 10.1. The fourth-order valence-corrected chi connectivity index (χ4v) is 1.99. The van der Waals surface area contributed by atoms with Gasteiger partial charge in [0.25, 0.3) is 0 Å². The average molecular weight is 306 g/mol. The number of Topliss-reactive ketones (excluding diaryl/α,β-unsaturated/α-hetero) is 1. The largest absolute Gasteiger partial charge is 0.299 e. The van der Waals surface area contributed by atoms with Crippen molar-refractivity contribution in [3.63, 3.8) is 0 Å². The first kappa shape index (κ1) is 10.9. The van der Waals surface area contributed by atoms with E-state index in [4.69, 9.17) is 0 Å². The van der Waals surface area contributed by atoms with Crippen molar-refractivity contribution in [3.8, 4) is 0 Å². The van der Waals surface area contributed by atoms with E-state index in [1.165, 1.54) is 0 Å². The lowest BCUT2D eigenvalue weighted by Gasteiger charge is -2.13. The minimum absolute atomic E-state index is 0.0474. The standard InChI is InChI=1S/C10H10Br2O/c1-7(13)9(11)10(12)8-5-3-2-4-6-8/h2-6,9-10H,1H3/t9?,10-/m1/s1. The number of carbonyl (C=O) groups is 1. The molecule has 0 spiro atoms. The monoisotopic (exact) mass is 304 g/mol. The summed E-state index contributed by atoms with van der Waals surface area (Å²) in [6.07, 6.45) is 0. The van der Waals surface area contributed by atoms with Crippen LogP contribution in [0.4, 0.5) is 0 Å². The second kappa shape index (κ2) is 4.91. The fourth-order valence-electron chi connectivity index (χ4n) is 1.01. The van der Waals surface area contributed by atoms with Gasteiger partial charge in [0.15, 0.2) is 0 Å². The molecule has 70 valence electrons. The van der Waals surface area contributed by atoms with Gasteiger partial charge in [-0.2, -0.15) is 0 Å². The first-order chi connectivity index (χ1) is 6.13. The Morgan fingerprint density at radius 1 is 1.23 bits per heavy atom. The second-order valence-electron chi connectivity index (χ2n) is 2.82. The number of alkyl halides is 2. The Morgan fingerprint density at radius 3 is 2.23 bits per heavy atom. The highest BCUT2D eigenvalue weighted by Crippen LogP contribution is 2.31. The molecule has 0 amide bonds. The lowest BCUT2D eigenvalue weighted by molar-refractivity contribution is -0.116. The van der Waals surface area contributed by atoms with E-state index in [1.807, 2.05) is 30.3 Å². The summed E-state index contributed by atoms with van der Waals surface area (Å²) >= 11 is 6.83. The van der Waals surface area contributed by atoms with Crippen LogP contribution >= 0.6 is 31.9 Å². The number of carbonyl (C=O) groups excluding carboxylic acids is 1. The Bertz CT molecular complexity index is 284. The molecule has 0 aliphatic heterocycles. The van der Waals surface area contributed by atoms with Crippen molar-refractivity contribution in [1.82, 2.24) is 0 Å². The Labute approximate surface area is 94.8 Å². The topological polar surface area (TPSA) is 17.1 Å². The van der Waals surface area contributed by atoms with Crippen LogP contribution in [0.25, 0.3) is 0 Å². The van der Waals surface area contributed by atoms with Gasteiger partial charge in [-0.15, -0.1) is 0 Å². The smallest absolute Gasteiger partial charge is 0.144 e. The lowest BCUT2D eigenvalue weighted by Crippen LogP contribution is -2.15. The van der Waals surface area contributed by atoms with E-state index in [9.17, 15) is 4.79 Å². The van der Waals surface area contributed by atoms with Gasteiger partial charge in [0.2, 0.25) is 0 Å². The normalized spacial score (nSPS) is 15.0. The molecule has 1 aromatic rings. The number of halogens is 2. The van der Waals surface area contributed by atoms with E-state index in [-0.39, 0.29) is 15.4 Å². The first-order valence-electron chi connectivity index (χ1n) is 3.96. The van der Waals surface area contributed by atoms with Crippen LogP contribution in [0.15, 0.2) is 30.3 Å². The molecule has 1 unspecified atom stereocenters. The molecule has 0 bridgehead atoms. The first-order valence-corrected chi connectivity index (χ1v) is 5.79. The maximum Gasteiger partial charge on any atom is 0.144 e. The quantitative estimate of drug-likeness (QED) is 0.782. The maximum atomic E-state index is 11.1. The van der Waals surface area contributed by atoms with E-state index in [0.717, 1.165) is 5.56 Å². The van der Waals surface area contributed by atoms with E-state index >= 15 is 0 Å². The van der Waals surface area contributed by atoms with Gasteiger partial charge < -0.3 is 0 Å². The zero-order valence-corrected chi connectivity index (χ0v) is 10.4. The van der Waals surface area contributed by atoms with Crippen LogP contribution in [0.3, 0.4) is 0 Å².